The van der Waals surface area contributed by atoms with Gasteiger partial charge in [-0.05, 0) is 32.3 Å². The molecule has 1 N–H and O–H groups in total. The largest absolute Gasteiger partial charge is 0.361 e. The van der Waals surface area contributed by atoms with Crippen molar-refractivity contribution in [1.82, 2.24) is 20.4 Å². The molecule has 1 amide bonds. The van der Waals surface area contributed by atoms with E-state index in [0.717, 1.165) is 19.4 Å². The van der Waals surface area contributed by atoms with Crippen LogP contribution in [-0.4, -0.2) is 40.2 Å². The fourth-order valence-corrected chi connectivity index (χ4v) is 2.94. The number of hydrogen-bond donors (Lipinski definition) is 1. The molecule has 0 radical (unpaired) electrons. The Bertz CT molecular complexity index is 670. The Morgan fingerprint density at radius 2 is 2.22 bits per heavy atom. The number of piperidine rings is 1. The van der Waals surface area contributed by atoms with Gasteiger partial charge in [0, 0.05) is 31.5 Å². The lowest BCUT2D eigenvalue weighted by Gasteiger charge is -2.33. The monoisotopic (exact) mass is 315 g/mol. The van der Waals surface area contributed by atoms with E-state index in [1.807, 2.05) is 6.92 Å². The van der Waals surface area contributed by atoms with E-state index in [-0.39, 0.29) is 11.9 Å². The number of hydrogen-bond acceptors (Lipinski definition) is 6. The van der Waals surface area contributed by atoms with Gasteiger partial charge in [-0.3, -0.25) is 4.79 Å². The number of amides is 1. The molecule has 3 heterocycles. The van der Waals surface area contributed by atoms with E-state index in [0.29, 0.717) is 35.9 Å². The van der Waals surface area contributed by atoms with Gasteiger partial charge < -0.3 is 14.7 Å². The molecule has 0 saturated carbocycles. The van der Waals surface area contributed by atoms with Gasteiger partial charge in [-0.1, -0.05) is 12.1 Å². The molecule has 1 aliphatic rings. The first-order valence-electron chi connectivity index (χ1n) is 7.97. The van der Waals surface area contributed by atoms with E-state index in [4.69, 9.17) is 4.52 Å². The van der Waals surface area contributed by atoms with Gasteiger partial charge in [0.15, 0.2) is 0 Å². The van der Waals surface area contributed by atoms with Gasteiger partial charge in [-0.25, -0.2) is 9.97 Å². The second kappa shape index (κ2) is 6.76. The number of aryl methyl sites for hydroxylation is 2. The molecule has 1 fully saturated rings. The summed E-state index contributed by atoms with van der Waals surface area (Å²) in [5, 5.41) is 7.05. The van der Waals surface area contributed by atoms with Gasteiger partial charge in [0.25, 0.3) is 5.91 Å². The maximum atomic E-state index is 12.6. The van der Waals surface area contributed by atoms with Crippen LogP contribution in [0.4, 0.5) is 5.95 Å². The summed E-state index contributed by atoms with van der Waals surface area (Å²) >= 11 is 0. The van der Waals surface area contributed by atoms with Crippen molar-refractivity contribution in [2.45, 2.75) is 39.2 Å². The number of nitrogens with one attached hydrogen (secondary N) is 1. The van der Waals surface area contributed by atoms with Crippen LogP contribution in [0.5, 0.6) is 0 Å². The summed E-state index contributed by atoms with van der Waals surface area (Å²) in [6.45, 7) is 5.35. The topological polar surface area (TPSA) is 84.2 Å². The third-order valence-electron chi connectivity index (χ3n) is 4.09. The predicted molar refractivity (Wildman–Crippen MR) is 85.4 cm³/mol. The van der Waals surface area contributed by atoms with E-state index in [1.54, 1.807) is 25.4 Å². The highest BCUT2D eigenvalue weighted by Gasteiger charge is 2.26. The third-order valence-corrected chi connectivity index (χ3v) is 4.09. The Labute approximate surface area is 135 Å². The van der Waals surface area contributed by atoms with Crippen molar-refractivity contribution in [3.8, 4) is 0 Å². The highest BCUT2D eigenvalue weighted by molar-refractivity contribution is 5.96. The third kappa shape index (κ3) is 3.33. The molecule has 122 valence electrons. The highest BCUT2D eigenvalue weighted by Crippen LogP contribution is 2.18. The summed E-state index contributed by atoms with van der Waals surface area (Å²) in [4.78, 5) is 23.2. The van der Waals surface area contributed by atoms with Crippen LogP contribution in [0.25, 0.3) is 0 Å². The molecule has 3 rings (SSSR count). The molecule has 2 aromatic rings. The molecule has 0 bridgehead atoms. The summed E-state index contributed by atoms with van der Waals surface area (Å²) in [5.74, 6) is 1.17. The molecule has 1 aliphatic heterocycles. The Hall–Kier alpha value is -2.44. The second-order valence-corrected chi connectivity index (χ2v) is 5.72. The maximum absolute atomic E-state index is 12.6. The highest BCUT2D eigenvalue weighted by atomic mass is 16.5. The zero-order valence-electron chi connectivity index (χ0n) is 13.5. The lowest BCUT2D eigenvalue weighted by Crippen LogP contribution is -2.48. The quantitative estimate of drug-likeness (QED) is 0.925. The number of carbonyl (C=O) groups excluding carboxylic acids is 1. The zero-order valence-corrected chi connectivity index (χ0v) is 13.5. The first-order valence-corrected chi connectivity index (χ1v) is 7.97. The molecule has 0 spiro atoms. The van der Waals surface area contributed by atoms with Gasteiger partial charge in [-0.2, -0.15) is 0 Å². The Kier molecular flexibility index (Phi) is 4.55. The molecule has 0 aliphatic carbocycles. The van der Waals surface area contributed by atoms with Crippen LogP contribution >= 0.6 is 0 Å². The van der Waals surface area contributed by atoms with Crippen molar-refractivity contribution in [1.29, 1.82) is 0 Å². The van der Waals surface area contributed by atoms with Crippen molar-refractivity contribution in [3.63, 3.8) is 0 Å². The van der Waals surface area contributed by atoms with Gasteiger partial charge in [0.2, 0.25) is 5.95 Å². The first kappa shape index (κ1) is 15.5. The number of nitrogens with zero attached hydrogens (tertiary/aromatic N) is 4. The van der Waals surface area contributed by atoms with Gasteiger partial charge in [-0.15, -0.1) is 0 Å². The summed E-state index contributed by atoms with van der Waals surface area (Å²) in [7, 11) is 0. The van der Waals surface area contributed by atoms with Crippen LogP contribution in [0.15, 0.2) is 23.0 Å². The molecule has 0 aromatic carbocycles. The van der Waals surface area contributed by atoms with Crippen molar-refractivity contribution in [2.75, 3.05) is 18.0 Å². The molecule has 23 heavy (non-hydrogen) atoms. The summed E-state index contributed by atoms with van der Waals surface area (Å²) < 4.78 is 5.15. The van der Waals surface area contributed by atoms with Crippen LogP contribution in [-0.2, 0) is 6.42 Å². The fraction of sp³-hybridized carbons (Fsp3) is 0.500. The Morgan fingerprint density at radius 1 is 1.43 bits per heavy atom. The smallest absolute Gasteiger partial charge is 0.257 e. The number of carbonyl (C=O) groups is 1. The lowest BCUT2D eigenvalue weighted by molar-refractivity contribution is 0.0930. The summed E-state index contributed by atoms with van der Waals surface area (Å²) in [5.41, 5.74) is 1.28. The van der Waals surface area contributed by atoms with Crippen LogP contribution < -0.4 is 10.2 Å². The zero-order chi connectivity index (χ0) is 16.2. The van der Waals surface area contributed by atoms with E-state index in [2.05, 4.69) is 25.3 Å². The van der Waals surface area contributed by atoms with Crippen LogP contribution in [0.3, 0.4) is 0 Å². The number of rotatable bonds is 4. The number of anilines is 1. The van der Waals surface area contributed by atoms with Gasteiger partial charge >= 0.3 is 0 Å². The van der Waals surface area contributed by atoms with Crippen LogP contribution in [0.2, 0.25) is 0 Å². The van der Waals surface area contributed by atoms with E-state index in [9.17, 15) is 4.79 Å². The van der Waals surface area contributed by atoms with Crippen molar-refractivity contribution < 1.29 is 9.32 Å². The predicted octanol–water partition coefficient (Wildman–Crippen LogP) is 1.73. The van der Waals surface area contributed by atoms with Gasteiger partial charge in [0.1, 0.15) is 11.3 Å². The average molecular weight is 315 g/mol. The SMILES string of the molecule is CCc1noc(C)c1C(=O)N[C@@H]1CCCN(c2ncccn2)C1. The summed E-state index contributed by atoms with van der Waals surface area (Å²) in [6, 6.07) is 1.87. The van der Waals surface area contributed by atoms with Crippen molar-refractivity contribution >= 4 is 11.9 Å². The minimum Gasteiger partial charge on any atom is -0.361 e. The molecule has 2 aromatic heterocycles. The minimum atomic E-state index is -0.110. The molecular formula is C16H21N5O2. The molecule has 0 unspecified atom stereocenters. The Morgan fingerprint density at radius 3 is 2.96 bits per heavy atom. The molecule has 1 saturated heterocycles. The summed E-state index contributed by atoms with van der Waals surface area (Å²) in [6.07, 6.45) is 6.08. The molecular weight excluding hydrogens is 294 g/mol. The second-order valence-electron chi connectivity index (χ2n) is 5.72. The molecule has 7 heteroatoms. The van der Waals surface area contributed by atoms with Crippen molar-refractivity contribution in [3.05, 3.63) is 35.5 Å². The van der Waals surface area contributed by atoms with Crippen LogP contribution in [0, 0.1) is 6.92 Å². The minimum absolute atomic E-state index is 0.0686. The average Bonchev–Trinajstić information content (AvgIpc) is 2.97. The molecule has 7 nitrogen and oxygen atoms in total. The molecule has 1 atom stereocenters. The van der Waals surface area contributed by atoms with Crippen LogP contribution in [0.1, 0.15) is 41.6 Å². The lowest BCUT2D eigenvalue weighted by atomic mass is 10.0. The number of aromatic nitrogens is 3. The van der Waals surface area contributed by atoms with Gasteiger partial charge in [0.05, 0.1) is 5.69 Å². The first-order chi connectivity index (χ1) is 11.2. The van der Waals surface area contributed by atoms with Crippen molar-refractivity contribution in [2.24, 2.45) is 0 Å². The standard InChI is InChI=1S/C16H21N5O2/c1-3-13-14(11(2)23-20-13)15(22)19-12-6-4-9-21(10-12)16-17-7-5-8-18-16/h5,7-8,12H,3-4,6,9-10H2,1-2H3,(H,19,22)/t12-/m1/s1. The fourth-order valence-electron chi connectivity index (χ4n) is 2.94. The van der Waals surface area contributed by atoms with E-state index >= 15 is 0 Å². The van der Waals surface area contributed by atoms with E-state index in [1.165, 1.54) is 0 Å². The maximum Gasteiger partial charge on any atom is 0.257 e. The Balaban J connectivity index is 1.68. The van der Waals surface area contributed by atoms with E-state index < -0.39 is 0 Å². The normalized spacial score (nSPS) is 18.0.